The summed E-state index contributed by atoms with van der Waals surface area (Å²) in [5, 5.41) is 2.36. The van der Waals surface area contributed by atoms with Gasteiger partial charge in [0.2, 0.25) is 11.7 Å². The van der Waals surface area contributed by atoms with E-state index in [2.05, 4.69) is 10.3 Å². The fraction of sp³-hybridized carbons (Fsp3) is 0.333. The number of hydrogen-bond donors (Lipinski definition) is 1. The van der Waals surface area contributed by atoms with E-state index in [1.54, 1.807) is 4.90 Å². The van der Waals surface area contributed by atoms with Crippen molar-refractivity contribution in [3.8, 4) is 0 Å². The fourth-order valence-corrected chi connectivity index (χ4v) is 3.68. The lowest BCUT2D eigenvalue weighted by atomic mass is 10.1. The van der Waals surface area contributed by atoms with Gasteiger partial charge in [-0.15, -0.1) is 0 Å². The van der Waals surface area contributed by atoms with Crippen molar-refractivity contribution in [1.82, 2.24) is 9.55 Å². The van der Waals surface area contributed by atoms with Crippen LogP contribution >= 0.6 is 0 Å². The number of aromatic nitrogens is 2. The standard InChI is InChI=1S/C21H18F6N4O2/c22-20(23,24)13-5-6-16(30-7-9-33-10-8-30)15(11-13)28-18(32)12-31-17-4-2-1-3-14(17)29-19(31)21(25,26)27/h1-6,11H,7-10,12H2,(H,28,32). The first-order chi connectivity index (χ1) is 15.5. The summed E-state index contributed by atoms with van der Waals surface area (Å²) >= 11 is 0. The second-order valence-corrected chi connectivity index (χ2v) is 7.39. The van der Waals surface area contributed by atoms with Crippen molar-refractivity contribution in [3.63, 3.8) is 0 Å². The van der Waals surface area contributed by atoms with Crippen LogP contribution in [0, 0.1) is 0 Å². The van der Waals surface area contributed by atoms with Gasteiger partial charge in [-0.25, -0.2) is 4.98 Å². The lowest BCUT2D eigenvalue weighted by Gasteiger charge is -2.31. The maximum absolute atomic E-state index is 13.5. The monoisotopic (exact) mass is 472 g/mol. The van der Waals surface area contributed by atoms with E-state index in [1.165, 1.54) is 30.3 Å². The number of fused-ring (bicyclic) bond motifs is 1. The predicted octanol–water partition coefficient (Wildman–Crippen LogP) is 4.55. The summed E-state index contributed by atoms with van der Waals surface area (Å²) in [5.41, 5.74) is -0.678. The quantitative estimate of drug-likeness (QED) is 0.567. The molecule has 12 heteroatoms. The third kappa shape index (κ3) is 4.90. The molecule has 0 spiro atoms. The highest BCUT2D eigenvalue weighted by Gasteiger charge is 2.38. The number of anilines is 2. The maximum Gasteiger partial charge on any atom is 0.449 e. The zero-order valence-electron chi connectivity index (χ0n) is 17.0. The normalized spacial score (nSPS) is 15.2. The number of amides is 1. The van der Waals surface area contributed by atoms with Gasteiger partial charge in [-0.1, -0.05) is 12.1 Å². The number of para-hydroxylation sites is 2. The average Bonchev–Trinajstić information content (AvgIpc) is 3.12. The zero-order chi connectivity index (χ0) is 23.8. The van der Waals surface area contributed by atoms with Crippen molar-refractivity contribution in [2.24, 2.45) is 0 Å². The molecule has 1 aliphatic heterocycles. The van der Waals surface area contributed by atoms with E-state index < -0.39 is 36.2 Å². The van der Waals surface area contributed by atoms with Gasteiger partial charge in [-0.3, -0.25) is 4.79 Å². The van der Waals surface area contributed by atoms with Crippen LogP contribution in [0.15, 0.2) is 42.5 Å². The van der Waals surface area contributed by atoms with Crippen LogP contribution in [0.4, 0.5) is 37.7 Å². The number of nitrogens with zero attached hydrogens (tertiary/aromatic N) is 3. The number of benzene rings is 2. The molecule has 0 atom stereocenters. The van der Waals surface area contributed by atoms with Gasteiger partial charge < -0.3 is 19.5 Å². The minimum Gasteiger partial charge on any atom is -0.378 e. The van der Waals surface area contributed by atoms with Crippen LogP contribution in [-0.2, 0) is 28.4 Å². The largest absolute Gasteiger partial charge is 0.449 e. The summed E-state index contributed by atoms with van der Waals surface area (Å²) in [6, 6.07) is 8.68. The van der Waals surface area contributed by atoms with Crippen molar-refractivity contribution < 1.29 is 35.9 Å². The predicted molar refractivity (Wildman–Crippen MR) is 108 cm³/mol. The van der Waals surface area contributed by atoms with E-state index in [0.29, 0.717) is 36.6 Å². The average molecular weight is 472 g/mol. The summed E-state index contributed by atoms with van der Waals surface area (Å²) < 4.78 is 86.2. The third-order valence-corrected chi connectivity index (χ3v) is 5.16. The molecule has 1 fully saturated rings. The van der Waals surface area contributed by atoms with E-state index in [0.717, 1.165) is 12.1 Å². The van der Waals surface area contributed by atoms with E-state index in [4.69, 9.17) is 4.74 Å². The van der Waals surface area contributed by atoms with Crippen LogP contribution in [0.3, 0.4) is 0 Å². The molecule has 4 rings (SSSR count). The second-order valence-electron chi connectivity index (χ2n) is 7.39. The number of ether oxygens (including phenoxy) is 1. The molecule has 1 aliphatic rings. The summed E-state index contributed by atoms with van der Waals surface area (Å²) in [6.07, 6.45) is -9.48. The first kappa shape index (κ1) is 22.9. The van der Waals surface area contributed by atoms with Crippen LogP contribution in [0.2, 0.25) is 0 Å². The number of halogens is 6. The van der Waals surface area contributed by atoms with Crippen LogP contribution in [0.25, 0.3) is 11.0 Å². The SMILES string of the molecule is O=C(Cn1c(C(F)(F)F)nc2ccccc21)Nc1cc(C(F)(F)F)ccc1N1CCOCC1. The lowest BCUT2D eigenvalue weighted by Crippen LogP contribution is -2.37. The molecule has 2 heterocycles. The highest BCUT2D eigenvalue weighted by atomic mass is 19.4. The molecule has 1 amide bonds. The number of hydrogen-bond acceptors (Lipinski definition) is 4. The molecule has 1 saturated heterocycles. The van der Waals surface area contributed by atoms with E-state index in [-0.39, 0.29) is 16.7 Å². The summed E-state index contributed by atoms with van der Waals surface area (Å²) in [7, 11) is 0. The van der Waals surface area contributed by atoms with Gasteiger partial charge in [0.1, 0.15) is 6.54 Å². The molecule has 176 valence electrons. The molecule has 1 N–H and O–H groups in total. The Bertz CT molecular complexity index is 1170. The van der Waals surface area contributed by atoms with Crippen molar-refractivity contribution in [1.29, 1.82) is 0 Å². The van der Waals surface area contributed by atoms with Crippen LogP contribution < -0.4 is 10.2 Å². The second kappa shape index (κ2) is 8.58. The molecule has 3 aromatic rings. The molecule has 0 bridgehead atoms. The minimum atomic E-state index is -4.82. The Morgan fingerprint density at radius 3 is 2.36 bits per heavy atom. The number of rotatable bonds is 4. The molecule has 0 unspecified atom stereocenters. The Morgan fingerprint density at radius 2 is 1.70 bits per heavy atom. The molecular formula is C21H18F6N4O2. The summed E-state index contributed by atoms with van der Waals surface area (Å²) in [5.74, 6) is -2.19. The van der Waals surface area contributed by atoms with Crippen molar-refractivity contribution in [2.75, 3.05) is 36.5 Å². The first-order valence-corrected chi connectivity index (χ1v) is 9.90. The first-order valence-electron chi connectivity index (χ1n) is 9.90. The smallest absolute Gasteiger partial charge is 0.378 e. The van der Waals surface area contributed by atoms with Crippen LogP contribution in [-0.4, -0.2) is 41.8 Å². The van der Waals surface area contributed by atoms with E-state index >= 15 is 0 Å². The number of morpholine rings is 1. The van der Waals surface area contributed by atoms with E-state index in [1.807, 2.05) is 0 Å². The number of nitrogens with one attached hydrogen (secondary N) is 1. The molecular weight excluding hydrogens is 454 g/mol. The molecule has 0 aliphatic carbocycles. The van der Waals surface area contributed by atoms with Crippen molar-refractivity contribution in [3.05, 3.63) is 53.9 Å². The molecule has 6 nitrogen and oxygen atoms in total. The van der Waals surface area contributed by atoms with Gasteiger partial charge in [0.05, 0.1) is 41.2 Å². The maximum atomic E-state index is 13.5. The van der Waals surface area contributed by atoms with Gasteiger partial charge in [0, 0.05) is 13.1 Å². The summed E-state index contributed by atoms with van der Waals surface area (Å²) in [6.45, 7) is 0.695. The van der Waals surface area contributed by atoms with Crippen LogP contribution in [0.5, 0.6) is 0 Å². The van der Waals surface area contributed by atoms with Gasteiger partial charge >= 0.3 is 12.4 Å². The highest BCUT2D eigenvalue weighted by Crippen LogP contribution is 2.36. The zero-order valence-corrected chi connectivity index (χ0v) is 17.0. The molecule has 0 saturated carbocycles. The fourth-order valence-electron chi connectivity index (χ4n) is 3.68. The Labute approximate surface area is 183 Å². The molecule has 1 aromatic heterocycles. The molecule has 0 radical (unpaired) electrons. The Balaban J connectivity index is 1.67. The Hall–Kier alpha value is -3.28. The highest BCUT2D eigenvalue weighted by molar-refractivity contribution is 5.95. The minimum absolute atomic E-state index is 0.0469. The van der Waals surface area contributed by atoms with Crippen molar-refractivity contribution in [2.45, 2.75) is 18.9 Å². The van der Waals surface area contributed by atoms with Gasteiger partial charge in [-0.05, 0) is 30.3 Å². The number of carbonyl (C=O) groups is 1. The Morgan fingerprint density at radius 1 is 1.00 bits per heavy atom. The number of carbonyl (C=O) groups excluding carboxylic acids is 1. The van der Waals surface area contributed by atoms with Gasteiger partial charge in [0.15, 0.2) is 0 Å². The molecule has 33 heavy (non-hydrogen) atoms. The van der Waals surface area contributed by atoms with Gasteiger partial charge in [0.25, 0.3) is 0 Å². The Kier molecular flexibility index (Phi) is 5.95. The van der Waals surface area contributed by atoms with Gasteiger partial charge in [-0.2, -0.15) is 26.3 Å². The molecule has 2 aromatic carbocycles. The number of alkyl halides is 6. The van der Waals surface area contributed by atoms with E-state index in [9.17, 15) is 31.1 Å². The lowest BCUT2D eigenvalue weighted by molar-refractivity contribution is -0.147. The topological polar surface area (TPSA) is 59.4 Å². The van der Waals surface area contributed by atoms with Crippen LogP contribution in [0.1, 0.15) is 11.4 Å². The number of imidazole rings is 1. The third-order valence-electron chi connectivity index (χ3n) is 5.16. The summed E-state index contributed by atoms with van der Waals surface area (Å²) in [4.78, 5) is 18.1. The van der Waals surface area contributed by atoms with Crippen molar-refractivity contribution >= 4 is 28.3 Å².